The third kappa shape index (κ3) is 5.25. The Hall–Kier alpha value is -3.00. The second kappa shape index (κ2) is 9.33. The van der Waals surface area contributed by atoms with Crippen molar-refractivity contribution in [2.75, 3.05) is 19.0 Å². The summed E-state index contributed by atoms with van der Waals surface area (Å²) in [6.07, 6.45) is 2.37. The molecule has 0 bridgehead atoms. The number of carbonyl (C=O) groups excluding carboxylic acids is 1. The lowest BCUT2D eigenvalue weighted by molar-refractivity contribution is 0.102. The number of carbonyl (C=O) groups is 1. The summed E-state index contributed by atoms with van der Waals surface area (Å²) in [5.41, 5.74) is 2.07. The van der Waals surface area contributed by atoms with E-state index in [0.29, 0.717) is 35.8 Å². The smallest absolute Gasteiger partial charge is 0.255 e. The van der Waals surface area contributed by atoms with Gasteiger partial charge in [0.1, 0.15) is 0 Å². The maximum absolute atomic E-state index is 12.4. The molecule has 0 saturated carbocycles. The van der Waals surface area contributed by atoms with E-state index in [2.05, 4.69) is 18.3 Å². The SMILES string of the molecule is CCCCOc1ccc(C(=O)Nc2ccc(CC#N)cc2)cc1OC. The molecule has 2 aromatic rings. The first kappa shape index (κ1) is 18.3. The Morgan fingerprint density at radius 2 is 1.92 bits per heavy atom. The lowest BCUT2D eigenvalue weighted by Crippen LogP contribution is -2.12. The highest BCUT2D eigenvalue weighted by molar-refractivity contribution is 6.04. The van der Waals surface area contributed by atoms with Gasteiger partial charge in [-0.05, 0) is 42.3 Å². The van der Waals surface area contributed by atoms with E-state index < -0.39 is 0 Å². The number of nitrogens with one attached hydrogen (secondary N) is 1. The van der Waals surface area contributed by atoms with E-state index in [-0.39, 0.29) is 5.91 Å². The summed E-state index contributed by atoms with van der Waals surface area (Å²) in [5, 5.41) is 11.5. The van der Waals surface area contributed by atoms with Crippen LogP contribution >= 0.6 is 0 Å². The van der Waals surface area contributed by atoms with Gasteiger partial charge in [-0.25, -0.2) is 0 Å². The van der Waals surface area contributed by atoms with Crippen LogP contribution < -0.4 is 14.8 Å². The number of rotatable bonds is 8. The maximum Gasteiger partial charge on any atom is 0.255 e. The average molecular weight is 338 g/mol. The normalized spacial score (nSPS) is 9.96. The third-order valence-electron chi connectivity index (χ3n) is 3.68. The fourth-order valence-corrected chi connectivity index (χ4v) is 2.26. The summed E-state index contributed by atoms with van der Waals surface area (Å²) in [7, 11) is 1.55. The number of benzene rings is 2. The van der Waals surface area contributed by atoms with E-state index >= 15 is 0 Å². The Bertz CT molecular complexity index is 749. The second-order valence-electron chi connectivity index (χ2n) is 5.55. The van der Waals surface area contributed by atoms with Crippen molar-refractivity contribution in [1.82, 2.24) is 0 Å². The molecule has 0 unspecified atom stereocenters. The molecule has 0 aliphatic heterocycles. The molecule has 0 radical (unpaired) electrons. The Morgan fingerprint density at radius 1 is 1.16 bits per heavy atom. The van der Waals surface area contributed by atoms with Gasteiger partial charge in [-0.1, -0.05) is 25.5 Å². The third-order valence-corrected chi connectivity index (χ3v) is 3.68. The van der Waals surface area contributed by atoms with Crippen molar-refractivity contribution in [3.63, 3.8) is 0 Å². The first-order chi connectivity index (χ1) is 12.2. The molecule has 0 heterocycles. The Balaban J connectivity index is 2.06. The molecule has 5 heteroatoms. The van der Waals surface area contributed by atoms with Crippen molar-refractivity contribution in [2.24, 2.45) is 0 Å². The molecule has 5 nitrogen and oxygen atoms in total. The number of hydrogen-bond acceptors (Lipinski definition) is 4. The molecular weight excluding hydrogens is 316 g/mol. The predicted molar refractivity (Wildman–Crippen MR) is 97.1 cm³/mol. The molecule has 2 aromatic carbocycles. The van der Waals surface area contributed by atoms with Crippen LogP contribution in [0.2, 0.25) is 0 Å². The van der Waals surface area contributed by atoms with Crippen LogP contribution in [-0.2, 0) is 6.42 Å². The lowest BCUT2D eigenvalue weighted by atomic mass is 10.1. The minimum atomic E-state index is -0.230. The highest BCUT2D eigenvalue weighted by Crippen LogP contribution is 2.28. The summed E-state index contributed by atoms with van der Waals surface area (Å²) in [5.74, 6) is 0.938. The number of methoxy groups -OCH3 is 1. The zero-order valence-electron chi connectivity index (χ0n) is 14.5. The maximum atomic E-state index is 12.4. The van der Waals surface area contributed by atoms with Crippen molar-refractivity contribution in [3.05, 3.63) is 53.6 Å². The molecule has 0 aliphatic carbocycles. The van der Waals surface area contributed by atoms with Crippen molar-refractivity contribution < 1.29 is 14.3 Å². The highest BCUT2D eigenvalue weighted by Gasteiger charge is 2.11. The first-order valence-corrected chi connectivity index (χ1v) is 8.26. The van der Waals surface area contributed by atoms with Crippen LogP contribution in [0, 0.1) is 11.3 Å². The van der Waals surface area contributed by atoms with Gasteiger partial charge in [0.25, 0.3) is 5.91 Å². The molecular formula is C20H22N2O3. The minimum Gasteiger partial charge on any atom is -0.493 e. The topological polar surface area (TPSA) is 71.3 Å². The number of ether oxygens (including phenoxy) is 2. The van der Waals surface area contributed by atoms with Crippen LogP contribution in [0.25, 0.3) is 0 Å². The quantitative estimate of drug-likeness (QED) is 0.733. The van der Waals surface area contributed by atoms with Gasteiger partial charge in [0.05, 0.1) is 26.2 Å². The molecule has 1 N–H and O–H groups in total. The summed E-state index contributed by atoms with van der Waals surface area (Å²) in [4.78, 5) is 12.4. The van der Waals surface area contributed by atoms with Gasteiger partial charge in [-0.2, -0.15) is 5.26 Å². The van der Waals surface area contributed by atoms with E-state index in [9.17, 15) is 4.79 Å². The average Bonchev–Trinajstić information content (AvgIpc) is 2.64. The van der Waals surface area contributed by atoms with Gasteiger partial charge < -0.3 is 14.8 Å². The number of nitriles is 1. The van der Waals surface area contributed by atoms with Crippen LogP contribution in [0.3, 0.4) is 0 Å². The van der Waals surface area contributed by atoms with Crippen LogP contribution in [0.15, 0.2) is 42.5 Å². The van der Waals surface area contributed by atoms with Crippen LogP contribution in [0.4, 0.5) is 5.69 Å². The Morgan fingerprint density at radius 3 is 2.56 bits per heavy atom. The second-order valence-corrected chi connectivity index (χ2v) is 5.55. The summed E-state index contributed by atoms with van der Waals surface area (Å²) in [6.45, 7) is 2.72. The van der Waals surface area contributed by atoms with Crippen molar-refractivity contribution in [1.29, 1.82) is 5.26 Å². The zero-order valence-corrected chi connectivity index (χ0v) is 14.5. The van der Waals surface area contributed by atoms with E-state index in [0.717, 1.165) is 18.4 Å². The number of nitrogens with zero attached hydrogens (tertiary/aromatic N) is 1. The van der Waals surface area contributed by atoms with E-state index in [1.54, 1.807) is 37.4 Å². The number of unbranched alkanes of at least 4 members (excludes halogenated alkanes) is 1. The minimum absolute atomic E-state index is 0.230. The van der Waals surface area contributed by atoms with Gasteiger partial charge in [0, 0.05) is 11.3 Å². The molecule has 130 valence electrons. The van der Waals surface area contributed by atoms with Crippen LogP contribution in [-0.4, -0.2) is 19.6 Å². The number of hydrogen-bond donors (Lipinski definition) is 1. The molecule has 0 spiro atoms. The van der Waals surface area contributed by atoms with Crippen molar-refractivity contribution >= 4 is 11.6 Å². The Labute approximate surface area is 148 Å². The standard InChI is InChI=1S/C20H22N2O3/c1-3-4-13-25-18-10-7-16(14-19(18)24-2)20(23)22-17-8-5-15(6-9-17)11-12-21/h5-10,14H,3-4,11,13H2,1-2H3,(H,22,23). The van der Waals surface area contributed by atoms with Gasteiger partial charge in [-0.3, -0.25) is 4.79 Å². The molecule has 0 atom stereocenters. The summed E-state index contributed by atoms with van der Waals surface area (Å²) in [6, 6.07) is 14.4. The van der Waals surface area contributed by atoms with Gasteiger partial charge >= 0.3 is 0 Å². The number of amides is 1. The van der Waals surface area contributed by atoms with Gasteiger partial charge in [0.2, 0.25) is 0 Å². The highest BCUT2D eigenvalue weighted by atomic mass is 16.5. The van der Waals surface area contributed by atoms with Crippen LogP contribution in [0.5, 0.6) is 11.5 Å². The Kier molecular flexibility index (Phi) is 6.85. The molecule has 0 aromatic heterocycles. The molecule has 0 aliphatic rings. The lowest BCUT2D eigenvalue weighted by Gasteiger charge is -2.12. The fourth-order valence-electron chi connectivity index (χ4n) is 2.26. The molecule has 2 rings (SSSR count). The predicted octanol–water partition coefficient (Wildman–Crippen LogP) is 4.19. The summed E-state index contributed by atoms with van der Waals surface area (Å²) < 4.78 is 11.0. The fraction of sp³-hybridized carbons (Fsp3) is 0.300. The molecule has 25 heavy (non-hydrogen) atoms. The van der Waals surface area contributed by atoms with Crippen molar-refractivity contribution in [3.8, 4) is 17.6 Å². The zero-order chi connectivity index (χ0) is 18.1. The molecule has 0 fully saturated rings. The van der Waals surface area contributed by atoms with E-state index in [1.807, 2.05) is 12.1 Å². The largest absolute Gasteiger partial charge is 0.493 e. The molecule has 1 amide bonds. The monoisotopic (exact) mass is 338 g/mol. The first-order valence-electron chi connectivity index (χ1n) is 8.26. The van der Waals surface area contributed by atoms with Gasteiger partial charge in [-0.15, -0.1) is 0 Å². The van der Waals surface area contributed by atoms with Gasteiger partial charge in [0.15, 0.2) is 11.5 Å². The van der Waals surface area contributed by atoms with E-state index in [1.165, 1.54) is 0 Å². The van der Waals surface area contributed by atoms with E-state index in [4.69, 9.17) is 14.7 Å². The summed E-state index contributed by atoms with van der Waals surface area (Å²) >= 11 is 0. The van der Waals surface area contributed by atoms with Crippen molar-refractivity contribution in [2.45, 2.75) is 26.2 Å². The number of anilines is 1. The van der Waals surface area contributed by atoms with Crippen LogP contribution in [0.1, 0.15) is 35.7 Å². The molecule has 0 saturated heterocycles.